The van der Waals surface area contributed by atoms with E-state index in [1.54, 1.807) is 14.0 Å². The lowest BCUT2D eigenvalue weighted by Gasteiger charge is -1.96. The van der Waals surface area contributed by atoms with Gasteiger partial charge in [0, 0.05) is 13.5 Å². The summed E-state index contributed by atoms with van der Waals surface area (Å²) in [5.41, 5.74) is 0. The number of aliphatic hydroxyl groups is 1. The summed E-state index contributed by atoms with van der Waals surface area (Å²) in [5, 5.41) is 8.81. The Hall–Kier alpha value is -0.520. The fourth-order valence-corrected chi connectivity index (χ4v) is 0.493. The Balaban J connectivity index is 3.12. The molecular formula is C8H14O2. The van der Waals surface area contributed by atoms with E-state index in [0.717, 1.165) is 12.8 Å². The van der Waals surface area contributed by atoms with Gasteiger partial charge in [-0.1, -0.05) is 5.92 Å². The lowest BCUT2D eigenvalue weighted by atomic mass is 10.2. The molecule has 0 rings (SSSR count). The van der Waals surface area contributed by atoms with Gasteiger partial charge in [-0.05, 0) is 13.3 Å². The molecule has 0 amide bonds. The highest BCUT2D eigenvalue weighted by Gasteiger charge is 1.89. The minimum atomic E-state index is -0.239. The Morgan fingerprint density at radius 2 is 2.20 bits per heavy atom. The van der Waals surface area contributed by atoms with Gasteiger partial charge in [0.05, 0.1) is 6.10 Å². The zero-order valence-electron chi connectivity index (χ0n) is 6.55. The molecule has 0 spiro atoms. The monoisotopic (exact) mass is 142 g/mol. The predicted octanol–water partition coefficient (Wildman–Crippen LogP) is 0.797. The average molecular weight is 142 g/mol. The second-order valence-corrected chi connectivity index (χ2v) is 2.17. The SMILES string of the molecule is COCC#CCCC(C)O. The van der Waals surface area contributed by atoms with Crippen LogP contribution in [0, 0.1) is 11.8 Å². The van der Waals surface area contributed by atoms with Gasteiger partial charge >= 0.3 is 0 Å². The topological polar surface area (TPSA) is 29.5 Å². The summed E-state index contributed by atoms with van der Waals surface area (Å²) in [5.74, 6) is 5.69. The van der Waals surface area contributed by atoms with Gasteiger partial charge in [0.1, 0.15) is 6.61 Å². The Bertz CT molecular complexity index is 119. The molecule has 0 saturated carbocycles. The van der Waals surface area contributed by atoms with Gasteiger partial charge < -0.3 is 9.84 Å². The third-order valence-electron chi connectivity index (χ3n) is 1.03. The van der Waals surface area contributed by atoms with Crippen LogP contribution in [0.3, 0.4) is 0 Å². The standard InChI is InChI=1S/C8H14O2/c1-8(9)6-4-3-5-7-10-2/h8-9H,4,6-7H2,1-2H3. The molecule has 1 atom stereocenters. The van der Waals surface area contributed by atoms with Gasteiger partial charge in [-0.25, -0.2) is 0 Å². The highest BCUT2D eigenvalue weighted by molar-refractivity contribution is 4.98. The molecule has 0 aromatic carbocycles. The van der Waals surface area contributed by atoms with Crippen molar-refractivity contribution in [3.63, 3.8) is 0 Å². The van der Waals surface area contributed by atoms with Crippen LogP contribution in [-0.4, -0.2) is 24.9 Å². The second-order valence-electron chi connectivity index (χ2n) is 2.17. The zero-order chi connectivity index (χ0) is 7.82. The molecule has 2 nitrogen and oxygen atoms in total. The summed E-state index contributed by atoms with van der Waals surface area (Å²) in [6.07, 6.45) is 1.26. The average Bonchev–Trinajstić information content (AvgIpc) is 1.87. The van der Waals surface area contributed by atoms with E-state index >= 15 is 0 Å². The van der Waals surface area contributed by atoms with Crippen molar-refractivity contribution in [2.75, 3.05) is 13.7 Å². The van der Waals surface area contributed by atoms with Gasteiger partial charge in [0.25, 0.3) is 0 Å². The van der Waals surface area contributed by atoms with Gasteiger partial charge in [-0.2, -0.15) is 0 Å². The lowest BCUT2D eigenvalue weighted by Crippen LogP contribution is -1.97. The Morgan fingerprint density at radius 3 is 2.70 bits per heavy atom. The van der Waals surface area contributed by atoms with Crippen LogP contribution in [0.5, 0.6) is 0 Å². The molecule has 1 N–H and O–H groups in total. The van der Waals surface area contributed by atoms with E-state index in [1.165, 1.54) is 0 Å². The minimum absolute atomic E-state index is 0.239. The van der Waals surface area contributed by atoms with Gasteiger partial charge in [0.2, 0.25) is 0 Å². The maximum absolute atomic E-state index is 8.81. The highest BCUT2D eigenvalue weighted by atomic mass is 16.5. The molecule has 58 valence electrons. The number of hydrogen-bond donors (Lipinski definition) is 1. The van der Waals surface area contributed by atoms with Crippen LogP contribution in [0.1, 0.15) is 19.8 Å². The number of aliphatic hydroxyl groups excluding tert-OH is 1. The molecule has 0 aromatic heterocycles. The Labute approximate surface area is 62.2 Å². The minimum Gasteiger partial charge on any atom is -0.393 e. The molecule has 0 aliphatic rings. The van der Waals surface area contributed by atoms with Gasteiger partial charge in [0.15, 0.2) is 0 Å². The zero-order valence-corrected chi connectivity index (χ0v) is 6.55. The smallest absolute Gasteiger partial charge is 0.107 e. The highest BCUT2D eigenvalue weighted by Crippen LogP contribution is 1.92. The van der Waals surface area contributed by atoms with Crippen LogP contribution in [-0.2, 0) is 4.74 Å². The molecule has 0 heterocycles. The molecule has 2 heteroatoms. The van der Waals surface area contributed by atoms with Crippen LogP contribution >= 0.6 is 0 Å². The first-order chi connectivity index (χ1) is 4.77. The fraction of sp³-hybridized carbons (Fsp3) is 0.750. The summed E-state index contributed by atoms with van der Waals surface area (Å²) < 4.78 is 4.71. The number of hydrogen-bond acceptors (Lipinski definition) is 2. The number of methoxy groups -OCH3 is 1. The summed E-state index contributed by atoms with van der Waals surface area (Å²) in [6, 6.07) is 0. The third-order valence-corrected chi connectivity index (χ3v) is 1.03. The maximum atomic E-state index is 8.81. The third kappa shape index (κ3) is 7.48. The summed E-state index contributed by atoms with van der Waals surface area (Å²) in [4.78, 5) is 0. The fourth-order valence-electron chi connectivity index (χ4n) is 0.493. The molecular weight excluding hydrogens is 128 g/mol. The van der Waals surface area contributed by atoms with Crippen molar-refractivity contribution in [2.24, 2.45) is 0 Å². The van der Waals surface area contributed by atoms with Crippen molar-refractivity contribution < 1.29 is 9.84 Å². The Kier molecular flexibility index (Phi) is 6.25. The largest absolute Gasteiger partial charge is 0.393 e. The van der Waals surface area contributed by atoms with Crippen molar-refractivity contribution in [1.82, 2.24) is 0 Å². The first-order valence-electron chi connectivity index (χ1n) is 3.40. The summed E-state index contributed by atoms with van der Waals surface area (Å²) >= 11 is 0. The first kappa shape index (κ1) is 9.48. The molecule has 0 fully saturated rings. The molecule has 1 unspecified atom stereocenters. The first-order valence-corrected chi connectivity index (χ1v) is 3.40. The summed E-state index contributed by atoms with van der Waals surface area (Å²) in [6.45, 7) is 2.25. The quantitative estimate of drug-likeness (QED) is 0.590. The van der Waals surface area contributed by atoms with E-state index in [1.807, 2.05) is 0 Å². The van der Waals surface area contributed by atoms with E-state index in [0.29, 0.717) is 6.61 Å². The number of ether oxygens (including phenoxy) is 1. The lowest BCUT2D eigenvalue weighted by molar-refractivity contribution is 0.186. The molecule has 0 aliphatic heterocycles. The molecule has 10 heavy (non-hydrogen) atoms. The second kappa shape index (κ2) is 6.60. The number of rotatable bonds is 3. The van der Waals surface area contributed by atoms with Crippen molar-refractivity contribution in [1.29, 1.82) is 0 Å². The Morgan fingerprint density at radius 1 is 1.50 bits per heavy atom. The summed E-state index contributed by atoms with van der Waals surface area (Å²) in [7, 11) is 1.61. The van der Waals surface area contributed by atoms with Crippen molar-refractivity contribution in [2.45, 2.75) is 25.9 Å². The van der Waals surface area contributed by atoms with Crippen molar-refractivity contribution in [3.05, 3.63) is 0 Å². The van der Waals surface area contributed by atoms with Gasteiger partial charge in [-0.15, -0.1) is 5.92 Å². The molecule has 0 saturated heterocycles. The van der Waals surface area contributed by atoms with E-state index in [2.05, 4.69) is 11.8 Å². The van der Waals surface area contributed by atoms with Gasteiger partial charge in [-0.3, -0.25) is 0 Å². The molecule has 0 radical (unpaired) electrons. The van der Waals surface area contributed by atoms with E-state index in [-0.39, 0.29) is 6.10 Å². The van der Waals surface area contributed by atoms with E-state index in [4.69, 9.17) is 9.84 Å². The molecule has 0 aliphatic carbocycles. The van der Waals surface area contributed by atoms with E-state index < -0.39 is 0 Å². The van der Waals surface area contributed by atoms with Crippen LogP contribution < -0.4 is 0 Å². The van der Waals surface area contributed by atoms with Crippen molar-refractivity contribution in [3.8, 4) is 11.8 Å². The van der Waals surface area contributed by atoms with Crippen LogP contribution in [0.25, 0.3) is 0 Å². The normalized spacial score (nSPS) is 11.9. The van der Waals surface area contributed by atoms with E-state index in [9.17, 15) is 0 Å². The maximum Gasteiger partial charge on any atom is 0.107 e. The predicted molar refractivity (Wildman–Crippen MR) is 40.6 cm³/mol. The van der Waals surface area contributed by atoms with Crippen LogP contribution in [0.15, 0.2) is 0 Å². The molecule has 0 bridgehead atoms. The van der Waals surface area contributed by atoms with Crippen LogP contribution in [0.2, 0.25) is 0 Å². The van der Waals surface area contributed by atoms with Crippen molar-refractivity contribution >= 4 is 0 Å². The molecule has 0 aromatic rings. The van der Waals surface area contributed by atoms with Crippen LogP contribution in [0.4, 0.5) is 0 Å².